The van der Waals surface area contributed by atoms with Crippen molar-refractivity contribution in [3.05, 3.63) is 29.8 Å². The zero-order chi connectivity index (χ0) is 13.4. The van der Waals surface area contributed by atoms with Crippen molar-refractivity contribution >= 4 is 17.6 Å². The number of nitrogens with zero attached hydrogens (tertiary/aromatic N) is 1. The molecule has 0 fully saturated rings. The van der Waals surface area contributed by atoms with Gasteiger partial charge in [-0.15, -0.1) is 0 Å². The van der Waals surface area contributed by atoms with E-state index in [9.17, 15) is 9.59 Å². The Hall–Kier alpha value is -2.35. The summed E-state index contributed by atoms with van der Waals surface area (Å²) in [7, 11) is 0. The van der Waals surface area contributed by atoms with E-state index in [0.717, 1.165) is 0 Å². The van der Waals surface area contributed by atoms with E-state index < -0.39 is 5.97 Å². The Kier molecular flexibility index (Phi) is 5.39. The Morgan fingerprint density at radius 3 is 2.89 bits per heavy atom. The molecule has 0 heterocycles. The molecule has 1 rings (SSSR count). The number of anilines is 1. The van der Waals surface area contributed by atoms with Crippen LogP contribution in [0.3, 0.4) is 0 Å². The fraction of sp³-hybridized carbons (Fsp3) is 0.308. The van der Waals surface area contributed by atoms with E-state index in [1.165, 1.54) is 6.92 Å². The highest BCUT2D eigenvalue weighted by Gasteiger charge is 2.07. The van der Waals surface area contributed by atoms with Gasteiger partial charge >= 0.3 is 5.97 Å². The number of rotatable bonds is 5. The van der Waals surface area contributed by atoms with Crippen molar-refractivity contribution in [3.8, 4) is 6.07 Å². The number of carbonyl (C=O) groups is 2. The molecule has 0 spiro atoms. The number of ether oxygens (including phenoxy) is 1. The maximum Gasteiger partial charge on any atom is 0.338 e. The second-order valence-electron chi connectivity index (χ2n) is 3.66. The van der Waals surface area contributed by atoms with Crippen LogP contribution in [0.1, 0.15) is 30.1 Å². The maximum atomic E-state index is 11.6. The van der Waals surface area contributed by atoms with Gasteiger partial charge in [-0.25, -0.2) is 4.79 Å². The van der Waals surface area contributed by atoms with E-state index in [0.29, 0.717) is 24.1 Å². The summed E-state index contributed by atoms with van der Waals surface area (Å²) in [6, 6.07) is 8.48. The topological polar surface area (TPSA) is 79.2 Å². The van der Waals surface area contributed by atoms with E-state index in [-0.39, 0.29) is 12.5 Å². The summed E-state index contributed by atoms with van der Waals surface area (Å²) in [6.45, 7) is 1.61. The first kappa shape index (κ1) is 13.7. The summed E-state index contributed by atoms with van der Waals surface area (Å²) >= 11 is 0. The van der Waals surface area contributed by atoms with Crippen LogP contribution in [0.25, 0.3) is 0 Å². The summed E-state index contributed by atoms with van der Waals surface area (Å²) in [5.41, 5.74) is 0.923. The molecule has 0 aliphatic heterocycles. The van der Waals surface area contributed by atoms with Crippen molar-refractivity contribution in [2.45, 2.75) is 19.8 Å². The summed E-state index contributed by atoms with van der Waals surface area (Å²) in [4.78, 5) is 22.5. The van der Waals surface area contributed by atoms with Gasteiger partial charge in [0.1, 0.15) is 0 Å². The number of esters is 1. The number of unbranched alkanes of at least 4 members (excludes halogenated alkanes) is 1. The van der Waals surface area contributed by atoms with Gasteiger partial charge in [0.05, 0.1) is 18.2 Å². The molecule has 0 bridgehead atoms. The highest BCUT2D eigenvalue weighted by Crippen LogP contribution is 2.11. The normalized spacial score (nSPS) is 9.33. The largest absolute Gasteiger partial charge is 0.462 e. The van der Waals surface area contributed by atoms with Crippen molar-refractivity contribution < 1.29 is 14.3 Å². The third kappa shape index (κ3) is 4.66. The maximum absolute atomic E-state index is 11.6. The molecular weight excluding hydrogens is 232 g/mol. The number of nitrogens with one attached hydrogen (secondary N) is 1. The molecule has 1 amide bonds. The number of carbonyl (C=O) groups excluding carboxylic acids is 2. The Morgan fingerprint density at radius 2 is 2.22 bits per heavy atom. The third-order valence-electron chi connectivity index (χ3n) is 2.08. The summed E-state index contributed by atoms with van der Waals surface area (Å²) < 4.78 is 4.99. The number of amides is 1. The Labute approximate surface area is 105 Å². The quantitative estimate of drug-likeness (QED) is 0.637. The van der Waals surface area contributed by atoms with Gasteiger partial charge in [0.15, 0.2) is 0 Å². The monoisotopic (exact) mass is 246 g/mol. The SMILES string of the molecule is CC(=O)Nc1cccc(C(=O)OCCCC#N)c1. The Morgan fingerprint density at radius 1 is 1.44 bits per heavy atom. The summed E-state index contributed by atoms with van der Waals surface area (Å²) in [5.74, 6) is -0.658. The zero-order valence-electron chi connectivity index (χ0n) is 10.1. The van der Waals surface area contributed by atoms with Crippen LogP contribution in [-0.2, 0) is 9.53 Å². The van der Waals surface area contributed by atoms with Gasteiger partial charge in [-0.1, -0.05) is 6.07 Å². The lowest BCUT2D eigenvalue weighted by molar-refractivity contribution is -0.114. The van der Waals surface area contributed by atoms with Crippen molar-refractivity contribution in [1.82, 2.24) is 0 Å². The van der Waals surface area contributed by atoms with Gasteiger partial charge in [0.2, 0.25) is 5.91 Å². The van der Waals surface area contributed by atoms with Crippen molar-refractivity contribution in [2.24, 2.45) is 0 Å². The molecule has 0 aromatic heterocycles. The molecule has 0 aliphatic rings. The summed E-state index contributed by atoms with van der Waals surface area (Å²) in [5, 5.41) is 10.9. The standard InChI is InChI=1S/C13H14N2O3/c1-10(16)15-12-6-4-5-11(9-12)13(17)18-8-3-2-7-14/h4-6,9H,2-3,8H2,1H3,(H,15,16). The fourth-order valence-electron chi connectivity index (χ4n) is 1.33. The molecule has 5 nitrogen and oxygen atoms in total. The van der Waals surface area contributed by atoms with Crippen LogP contribution >= 0.6 is 0 Å². The minimum atomic E-state index is -0.458. The lowest BCUT2D eigenvalue weighted by Crippen LogP contribution is -2.09. The van der Waals surface area contributed by atoms with Gasteiger partial charge in [-0.05, 0) is 24.6 Å². The average Bonchev–Trinajstić information content (AvgIpc) is 2.34. The predicted octanol–water partition coefficient (Wildman–Crippen LogP) is 2.11. The molecule has 0 saturated heterocycles. The van der Waals surface area contributed by atoms with E-state index in [2.05, 4.69) is 5.32 Å². The van der Waals surface area contributed by atoms with Crippen molar-refractivity contribution in [3.63, 3.8) is 0 Å². The van der Waals surface area contributed by atoms with Crippen LogP contribution < -0.4 is 5.32 Å². The molecule has 0 aliphatic carbocycles. The predicted molar refractivity (Wildman–Crippen MR) is 65.9 cm³/mol. The molecule has 0 unspecified atom stereocenters. The molecule has 1 aromatic rings. The first-order valence-corrected chi connectivity index (χ1v) is 5.55. The van der Waals surface area contributed by atoms with E-state index in [1.54, 1.807) is 24.3 Å². The second kappa shape index (κ2) is 7.07. The van der Waals surface area contributed by atoms with E-state index in [1.807, 2.05) is 6.07 Å². The smallest absolute Gasteiger partial charge is 0.338 e. The minimum Gasteiger partial charge on any atom is -0.462 e. The van der Waals surface area contributed by atoms with Crippen LogP contribution in [0.4, 0.5) is 5.69 Å². The Bertz CT molecular complexity index is 477. The van der Waals surface area contributed by atoms with Crippen LogP contribution in [0.2, 0.25) is 0 Å². The number of hydrogen-bond acceptors (Lipinski definition) is 4. The molecule has 0 radical (unpaired) electrons. The Balaban J connectivity index is 2.57. The molecule has 18 heavy (non-hydrogen) atoms. The lowest BCUT2D eigenvalue weighted by Gasteiger charge is -2.06. The number of benzene rings is 1. The molecule has 5 heteroatoms. The van der Waals surface area contributed by atoms with Crippen molar-refractivity contribution in [1.29, 1.82) is 5.26 Å². The van der Waals surface area contributed by atoms with Crippen LogP contribution in [-0.4, -0.2) is 18.5 Å². The number of nitriles is 1. The fourth-order valence-corrected chi connectivity index (χ4v) is 1.33. The van der Waals surface area contributed by atoms with Crippen LogP contribution in [0.5, 0.6) is 0 Å². The van der Waals surface area contributed by atoms with Gasteiger partial charge in [0.25, 0.3) is 0 Å². The lowest BCUT2D eigenvalue weighted by atomic mass is 10.2. The molecule has 1 N–H and O–H groups in total. The molecule has 0 saturated carbocycles. The van der Waals surface area contributed by atoms with E-state index >= 15 is 0 Å². The van der Waals surface area contributed by atoms with Gasteiger partial charge in [-0.3, -0.25) is 4.79 Å². The first-order chi connectivity index (χ1) is 8.63. The van der Waals surface area contributed by atoms with Crippen LogP contribution in [0, 0.1) is 11.3 Å². The van der Waals surface area contributed by atoms with Gasteiger partial charge in [0, 0.05) is 19.0 Å². The second-order valence-corrected chi connectivity index (χ2v) is 3.66. The zero-order valence-corrected chi connectivity index (χ0v) is 10.1. The van der Waals surface area contributed by atoms with Crippen LogP contribution in [0.15, 0.2) is 24.3 Å². The first-order valence-electron chi connectivity index (χ1n) is 5.55. The third-order valence-corrected chi connectivity index (χ3v) is 2.08. The average molecular weight is 246 g/mol. The highest BCUT2D eigenvalue weighted by molar-refractivity contribution is 5.93. The molecule has 0 atom stereocenters. The molecular formula is C13H14N2O3. The summed E-state index contributed by atoms with van der Waals surface area (Å²) in [6.07, 6.45) is 0.882. The van der Waals surface area contributed by atoms with Gasteiger partial charge < -0.3 is 10.1 Å². The van der Waals surface area contributed by atoms with E-state index in [4.69, 9.17) is 10.00 Å². The number of hydrogen-bond donors (Lipinski definition) is 1. The highest BCUT2D eigenvalue weighted by atomic mass is 16.5. The molecule has 1 aromatic carbocycles. The molecule has 94 valence electrons. The minimum absolute atomic E-state index is 0.200. The van der Waals surface area contributed by atoms with Crippen molar-refractivity contribution in [2.75, 3.05) is 11.9 Å². The van der Waals surface area contributed by atoms with Gasteiger partial charge in [-0.2, -0.15) is 5.26 Å².